The number of furan rings is 1. The maximum absolute atomic E-state index is 12.0. The second kappa shape index (κ2) is 4.67. The number of amides is 1. The summed E-state index contributed by atoms with van der Waals surface area (Å²) in [4.78, 5) is 22.9. The summed E-state index contributed by atoms with van der Waals surface area (Å²) in [5.41, 5.74) is 1.16. The number of carbonyl (C=O) groups excluding carboxylic acids is 1. The summed E-state index contributed by atoms with van der Waals surface area (Å²) in [6.45, 7) is 1.94. The summed E-state index contributed by atoms with van der Waals surface area (Å²) in [6, 6.07) is 6.56. The van der Waals surface area contributed by atoms with Crippen molar-refractivity contribution in [3.05, 3.63) is 30.0 Å². The Labute approximate surface area is 115 Å². The van der Waals surface area contributed by atoms with Gasteiger partial charge in [-0.05, 0) is 43.0 Å². The van der Waals surface area contributed by atoms with Gasteiger partial charge in [-0.15, -0.1) is 0 Å². The standard InChI is InChI=1S/C15H15NO4/c1-8(9-2-3-9)14(17)16-11-4-5-12-10(6-11)7-13(20-12)15(18)19/h4-9H,2-3H2,1H3,(H,16,17)(H,18,19). The van der Waals surface area contributed by atoms with E-state index in [9.17, 15) is 9.59 Å². The summed E-state index contributed by atoms with van der Waals surface area (Å²) in [7, 11) is 0. The van der Waals surface area contributed by atoms with E-state index in [4.69, 9.17) is 9.52 Å². The van der Waals surface area contributed by atoms with Crippen LogP contribution in [0.3, 0.4) is 0 Å². The molecule has 0 radical (unpaired) electrons. The lowest BCUT2D eigenvalue weighted by Crippen LogP contribution is -2.21. The van der Waals surface area contributed by atoms with Gasteiger partial charge in [-0.25, -0.2) is 4.79 Å². The van der Waals surface area contributed by atoms with Gasteiger partial charge in [-0.3, -0.25) is 4.79 Å². The molecule has 1 amide bonds. The second-order valence-corrected chi connectivity index (χ2v) is 5.28. The first-order valence-corrected chi connectivity index (χ1v) is 6.62. The fourth-order valence-electron chi connectivity index (χ4n) is 2.29. The Bertz CT molecular complexity index is 684. The van der Waals surface area contributed by atoms with Gasteiger partial charge in [0.05, 0.1) is 0 Å². The molecule has 0 saturated heterocycles. The van der Waals surface area contributed by atoms with Crippen molar-refractivity contribution in [3.8, 4) is 0 Å². The monoisotopic (exact) mass is 273 g/mol. The number of hydrogen-bond donors (Lipinski definition) is 2. The van der Waals surface area contributed by atoms with Crippen LogP contribution in [0.2, 0.25) is 0 Å². The third-order valence-corrected chi connectivity index (χ3v) is 3.74. The maximum Gasteiger partial charge on any atom is 0.371 e. The largest absolute Gasteiger partial charge is 0.475 e. The van der Waals surface area contributed by atoms with Crippen molar-refractivity contribution in [1.82, 2.24) is 0 Å². The third-order valence-electron chi connectivity index (χ3n) is 3.74. The molecular weight excluding hydrogens is 258 g/mol. The summed E-state index contributed by atoms with van der Waals surface area (Å²) in [5.74, 6) is -0.673. The zero-order valence-corrected chi connectivity index (χ0v) is 11.1. The molecule has 104 valence electrons. The third kappa shape index (κ3) is 2.39. The normalized spacial score (nSPS) is 16.1. The number of carbonyl (C=O) groups is 2. The Balaban J connectivity index is 1.81. The predicted molar refractivity (Wildman–Crippen MR) is 73.7 cm³/mol. The average molecular weight is 273 g/mol. The van der Waals surface area contributed by atoms with Crippen molar-refractivity contribution in [1.29, 1.82) is 0 Å². The highest BCUT2D eigenvalue weighted by molar-refractivity contribution is 5.96. The number of benzene rings is 1. The number of carboxylic acid groups (broad SMARTS) is 1. The predicted octanol–water partition coefficient (Wildman–Crippen LogP) is 3.12. The van der Waals surface area contributed by atoms with Gasteiger partial charge in [-0.1, -0.05) is 6.92 Å². The van der Waals surface area contributed by atoms with Crippen molar-refractivity contribution in [2.24, 2.45) is 11.8 Å². The molecule has 0 spiro atoms. The van der Waals surface area contributed by atoms with E-state index in [2.05, 4.69) is 5.32 Å². The second-order valence-electron chi connectivity index (χ2n) is 5.28. The van der Waals surface area contributed by atoms with E-state index in [-0.39, 0.29) is 17.6 Å². The molecule has 0 aliphatic heterocycles. The van der Waals surface area contributed by atoms with Crippen LogP contribution in [0.25, 0.3) is 11.0 Å². The highest BCUT2D eigenvalue weighted by Gasteiger charge is 2.32. The molecule has 1 unspecified atom stereocenters. The number of fused-ring (bicyclic) bond motifs is 1. The average Bonchev–Trinajstić information content (AvgIpc) is 3.16. The lowest BCUT2D eigenvalue weighted by Gasteiger charge is -2.10. The molecule has 5 nitrogen and oxygen atoms in total. The maximum atomic E-state index is 12.0. The van der Waals surface area contributed by atoms with E-state index in [1.54, 1.807) is 18.2 Å². The van der Waals surface area contributed by atoms with Crippen LogP contribution in [0, 0.1) is 11.8 Å². The van der Waals surface area contributed by atoms with E-state index >= 15 is 0 Å². The van der Waals surface area contributed by atoms with Gasteiger partial charge in [-0.2, -0.15) is 0 Å². The zero-order chi connectivity index (χ0) is 14.3. The van der Waals surface area contributed by atoms with Crippen LogP contribution in [0.1, 0.15) is 30.3 Å². The highest BCUT2D eigenvalue weighted by Crippen LogP contribution is 2.37. The minimum absolute atomic E-state index is 0.00815. The molecular formula is C15H15NO4. The Morgan fingerprint density at radius 3 is 2.75 bits per heavy atom. The lowest BCUT2D eigenvalue weighted by molar-refractivity contribution is -0.119. The zero-order valence-electron chi connectivity index (χ0n) is 11.1. The van der Waals surface area contributed by atoms with E-state index in [1.165, 1.54) is 6.07 Å². The molecule has 1 aliphatic rings. The topological polar surface area (TPSA) is 79.5 Å². The summed E-state index contributed by atoms with van der Waals surface area (Å²) in [5, 5.41) is 12.4. The Hall–Kier alpha value is -2.30. The minimum Gasteiger partial charge on any atom is -0.475 e. The first-order valence-electron chi connectivity index (χ1n) is 6.62. The van der Waals surface area contributed by atoms with Crippen molar-refractivity contribution in [3.63, 3.8) is 0 Å². The minimum atomic E-state index is -1.10. The first-order chi connectivity index (χ1) is 9.54. The highest BCUT2D eigenvalue weighted by atomic mass is 16.4. The molecule has 1 heterocycles. The number of aromatic carboxylic acids is 1. The van der Waals surface area contributed by atoms with E-state index in [0.717, 1.165) is 12.8 Å². The fraction of sp³-hybridized carbons (Fsp3) is 0.333. The number of anilines is 1. The number of hydrogen-bond acceptors (Lipinski definition) is 3. The van der Waals surface area contributed by atoms with Gasteiger partial charge in [0.15, 0.2) is 0 Å². The molecule has 1 atom stereocenters. The first kappa shape index (κ1) is 12.7. The summed E-state index contributed by atoms with van der Waals surface area (Å²) < 4.78 is 5.17. The van der Waals surface area contributed by atoms with E-state index in [1.807, 2.05) is 6.92 Å². The van der Waals surface area contributed by atoms with Gasteiger partial charge >= 0.3 is 5.97 Å². The van der Waals surface area contributed by atoms with Gasteiger partial charge < -0.3 is 14.8 Å². The van der Waals surface area contributed by atoms with Crippen LogP contribution < -0.4 is 5.32 Å². The number of nitrogens with one attached hydrogen (secondary N) is 1. The van der Waals surface area contributed by atoms with Crippen LogP contribution in [0.4, 0.5) is 5.69 Å². The van der Waals surface area contributed by atoms with Crippen LogP contribution >= 0.6 is 0 Å². The molecule has 5 heteroatoms. The molecule has 1 aromatic heterocycles. The fourth-order valence-corrected chi connectivity index (χ4v) is 2.29. The molecule has 1 saturated carbocycles. The van der Waals surface area contributed by atoms with Gasteiger partial charge in [0.2, 0.25) is 11.7 Å². The number of carboxylic acids is 1. The lowest BCUT2D eigenvalue weighted by atomic mass is 10.1. The number of rotatable bonds is 4. The smallest absolute Gasteiger partial charge is 0.371 e. The Morgan fingerprint density at radius 2 is 2.10 bits per heavy atom. The van der Waals surface area contributed by atoms with Crippen molar-refractivity contribution in [2.45, 2.75) is 19.8 Å². The van der Waals surface area contributed by atoms with Gasteiger partial charge in [0.25, 0.3) is 0 Å². The molecule has 2 aromatic rings. The summed E-state index contributed by atoms with van der Waals surface area (Å²) in [6.07, 6.45) is 2.24. The SMILES string of the molecule is CC(C(=O)Nc1ccc2oc(C(=O)O)cc2c1)C1CC1. The van der Waals surface area contributed by atoms with Crippen LogP contribution in [-0.4, -0.2) is 17.0 Å². The van der Waals surface area contributed by atoms with Crippen LogP contribution in [-0.2, 0) is 4.79 Å². The van der Waals surface area contributed by atoms with Crippen LogP contribution in [0.15, 0.2) is 28.7 Å². The van der Waals surface area contributed by atoms with E-state index in [0.29, 0.717) is 22.6 Å². The van der Waals surface area contributed by atoms with Crippen molar-refractivity contribution in [2.75, 3.05) is 5.32 Å². The quantitative estimate of drug-likeness (QED) is 0.897. The molecule has 0 bridgehead atoms. The molecule has 20 heavy (non-hydrogen) atoms. The van der Waals surface area contributed by atoms with Crippen molar-refractivity contribution < 1.29 is 19.1 Å². The molecule has 1 fully saturated rings. The van der Waals surface area contributed by atoms with Gasteiger partial charge in [0, 0.05) is 17.0 Å². The van der Waals surface area contributed by atoms with E-state index < -0.39 is 5.97 Å². The Morgan fingerprint density at radius 1 is 1.35 bits per heavy atom. The molecule has 3 rings (SSSR count). The van der Waals surface area contributed by atoms with Crippen molar-refractivity contribution >= 4 is 28.5 Å². The summed E-state index contributed by atoms with van der Waals surface area (Å²) >= 11 is 0. The van der Waals surface area contributed by atoms with Gasteiger partial charge in [0.1, 0.15) is 5.58 Å². The van der Waals surface area contributed by atoms with Crippen LogP contribution in [0.5, 0.6) is 0 Å². The molecule has 1 aliphatic carbocycles. The molecule has 1 aromatic carbocycles. The Kier molecular flexibility index (Phi) is 2.97. The molecule has 2 N–H and O–H groups in total.